The number of para-hydroxylation sites is 1. The molecule has 2 rings (SSSR count). The van der Waals surface area contributed by atoms with Crippen molar-refractivity contribution in [3.63, 3.8) is 0 Å². The fourth-order valence-electron chi connectivity index (χ4n) is 2.12. The average molecular weight is 212 g/mol. The van der Waals surface area contributed by atoms with E-state index in [1.807, 2.05) is 42.7 Å². The first kappa shape index (κ1) is 10.4. The van der Waals surface area contributed by atoms with Crippen molar-refractivity contribution in [3.05, 3.63) is 35.5 Å². The van der Waals surface area contributed by atoms with Crippen molar-refractivity contribution in [2.24, 2.45) is 0 Å². The van der Waals surface area contributed by atoms with E-state index in [0.29, 0.717) is 5.56 Å². The minimum atomic E-state index is -0.265. The number of carbonyl (C=O) groups excluding carboxylic acids is 1. The molecule has 2 aromatic rings. The molecule has 0 aliphatic rings. The number of nitriles is 1. The fraction of sp³-hybridized carbons (Fsp3) is 0.231. The van der Waals surface area contributed by atoms with E-state index in [0.717, 1.165) is 22.9 Å². The van der Waals surface area contributed by atoms with Gasteiger partial charge in [0.2, 0.25) is 0 Å². The predicted molar refractivity (Wildman–Crippen MR) is 62.4 cm³/mol. The van der Waals surface area contributed by atoms with Gasteiger partial charge in [0.05, 0.1) is 11.6 Å². The zero-order valence-corrected chi connectivity index (χ0v) is 9.27. The summed E-state index contributed by atoms with van der Waals surface area (Å²) in [5, 5.41) is 9.91. The van der Waals surface area contributed by atoms with E-state index in [4.69, 9.17) is 5.26 Å². The Hall–Kier alpha value is -2.08. The predicted octanol–water partition coefficient (Wildman–Crippen LogP) is 2.85. The summed E-state index contributed by atoms with van der Waals surface area (Å²) in [7, 11) is 0. The van der Waals surface area contributed by atoms with Crippen LogP contribution >= 0.6 is 0 Å². The third kappa shape index (κ3) is 1.31. The molecular weight excluding hydrogens is 200 g/mol. The maximum absolute atomic E-state index is 11.1. The Labute approximate surface area is 93.9 Å². The molecule has 0 saturated carbocycles. The Bertz CT molecular complexity index is 590. The van der Waals surface area contributed by atoms with Gasteiger partial charge in [0, 0.05) is 16.6 Å². The number of hydrogen-bond donors (Lipinski definition) is 0. The van der Waals surface area contributed by atoms with Crippen LogP contribution in [0.2, 0.25) is 0 Å². The number of benzene rings is 1. The minimum Gasteiger partial charge on any atom is -0.328 e. The largest absolute Gasteiger partial charge is 0.328 e. The zero-order valence-electron chi connectivity index (χ0n) is 9.27. The Morgan fingerprint density at radius 1 is 1.44 bits per heavy atom. The van der Waals surface area contributed by atoms with Crippen LogP contribution in [0.3, 0.4) is 0 Å². The molecule has 0 saturated heterocycles. The monoisotopic (exact) mass is 212 g/mol. The van der Waals surface area contributed by atoms with E-state index >= 15 is 0 Å². The smallest absolute Gasteiger partial charge is 0.152 e. The summed E-state index contributed by atoms with van der Waals surface area (Å²) in [6.45, 7) is 3.70. The molecule has 1 aromatic carbocycles. The molecule has 0 amide bonds. The Balaban J connectivity index is 2.89. The second-order valence-electron chi connectivity index (χ2n) is 3.81. The molecule has 3 nitrogen and oxygen atoms in total. The normalized spacial score (nSPS) is 12.3. The van der Waals surface area contributed by atoms with Crippen molar-refractivity contribution < 1.29 is 4.79 Å². The molecule has 0 spiro atoms. The summed E-state index contributed by atoms with van der Waals surface area (Å²) < 4.78 is 1.90. The van der Waals surface area contributed by atoms with Gasteiger partial charge < -0.3 is 4.57 Å². The maximum Gasteiger partial charge on any atom is 0.152 e. The van der Waals surface area contributed by atoms with Crippen LogP contribution in [0, 0.1) is 18.3 Å². The van der Waals surface area contributed by atoms with Crippen LogP contribution in [0.5, 0.6) is 0 Å². The summed E-state index contributed by atoms with van der Waals surface area (Å²) in [6.07, 6.45) is 0.859. The fourth-order valence-corrected chi connectivity index (χ4v) is 2.12. The van der Waals surface area contributed by atoms with Gasteiger partial charge in [0.1, 0.15) is 6.04 Å². The summed E-state index contributed by atoms with van der Waals surface area (Å²) in [4.78, 5) is 11.1. The number of aldehydes is 1. The molecule has 0 radical (unpaired) electrons. The second kappa shape index (κ2) is 3.82. The molecular formula is C13H12N2O. The van der Waals surface area contributed by atoms with E-state index in [1.54, 1.807) is 0 Å². The van der Waals surface area contributed by atoms with Gasteiger partial charge in [-0.2, -0.15) is 5.26 Å². The van der Waals surface area contributed by atoms with Crippen LogP contribution in [0.4, 0.5) is 0 Å². The molecule has 0 fully saturated rings. The van der Waals surface area contributed by atoms with Crippen LogP contribution in [0.25, 0.3) is 10.9 Å². The van der Waals surface area contributed by atoms with Crippen LogP contribution < -0.4 is 0 Å². The molecule has 3 heteroatoms. The van der Waals surface area contributed by atoms with Gasteiger partial charge in [0.25, 0.3) is 0 Å². The van der Waals surface area contributed by atoms with E-state index in [1.165, 1.54) is 0 Å². The van der Waals surface area contributed by atoms with E-state index in [-0.39, 0.29) is 6.04 Å². The minimum absolute atomic E-state index is 0.265. The standard InChI is InChI=1S/C13H12N2O/c1-9(7-14)15-10(2)12(8-16)11-5-3-4-6-13(11)15/h3-6,8-9H,1-2H3. The summed E-state index contributed by atoms with van der Waals surface area (Å²) in [6, 6.07) is 9.59. The number of fused-ring (bicyclic) bond motifs is 1. The molecule has 0 bridgehead atoms. The molecule has 0 aliphatic carbocycles. The number of aromatic nitrogens is 1. The van der Waals surface area contributed by atoms with Crippen molar-refractivity contribution in [2.45, 2.75) is 19.9 Å². The highest BCUT2D eigenvalue weighted by molar-refractivity contribution is 5.99. The first-order chi connectivity index (χ1) is 7.70. The highest BCUT2D eigenvalue weighted by Gasteiger charge is 2.16. The average Bonchev–Trinajstić information content (AvgIpc) is 2.60. The number of carbonyl (C=O) groups is 1. The van der Waals surface area contributed by atoms with Crippen LogP contribution in [0.15, 0.2) is 24.3 Å². The molecule has 1 aromatic heterocycles. The lowest BCUT2D eigenvalue weighted by atomic mass is 10.1. The Morgan fingerprint density at radius 2 is 2.12 bits per heavy atom. The summed E-state index contributed by atoms with van der Waals surface area (Å²) in [5.74, 6) is 0. The third-order valence-corrected chi connectivity index (χ3v) is 2.90. The van der Waals surface area contributed by atoms with Crippen molar-refractivity contribution in [1.29, 1.82) is 5.26 Å². The van der Waals surface area contributed by atoms with Gasteiger partial charge >= 0.3 is 0 Å². The van der Waals surface area contributed by atoms with Crippen LogP contribution in [0.1, 0.15) is 29.0 Å². The molecule has 0 N–H and O–H groups in total. The molecule has 1 unspecified atom stereocenters. The molecule has 80 valence electrons. The van der Waals surface area contributed by atoms with E-state index < -0.39 is 0 Å². The first-order valence-corrected chi connectivity index (χ1v) is 5.15. The van der Waals surface area contributed by atoms with Crippen molar-refractivity contribution in [2.75, 3.05) is 0 Å². The molecule has 0 aliphatic heterocycles. The number of nitrogens with zero attached hydrogens (tertiary/aromatic N) is 2. The number of rotatable bonds is 2. The van der Waals surface area contributed by atoms with Gasteiger partial charge in [-0.25, -0.2) is 0 Å². The van der Waals surface area contributed by atoms with Crippen molar-refractivity contribution >= 4 is 17.2 Å². The van der Waals surface area contributed by atoms with Gasteiger partial charge in [-0.3, -0.25) is 4.79 Å². The van der Waals surface area contributed by atoms with Crippen LogP contribution in [-0.4, -0.2) is 10.9 Å². The highest BCUT2D eigenvalue weighted by Crippen LogP contribution is 2.27. The lowest BCUT2D eigenvalue weighted by molar-refractivity contribution is 0.112. The Kier molecular flexibility index (Phi) is 2.49. The van der Waals surface area contributed by atoms with Crippen molar-refractivity contribution in [3.8, 4) is 6.07 Å². The quantitative estimate of drug-likeness (QED) is 0.718. The summed E-state index contributed by atoms with van der Waals surface area (Å²) in [5.41, 5.74) is 2.47. The van der Waals surface area contributed by atoms with Gasteiger partial charge in [-0.15, -0.1) is 0 Å². The highest BCUT2D eigenvalue weighted by atomic mass is 16.1. The Morgan fingerprint density at radius 3 is 2.75 bits per heavy atom. The summed E-state index contributed by atoms with van der Waals surface area (Å²) >= 11 is 0. The van der Waals surface area contributed by atoms with Gasteiger partial charge in [-0.1, -0.05) is 18.2 Å². The number of hydrogen-bond acceptors (Lipinski definition) is 2. The van der Waals surface area contributed by atoms with Crippen LogP contribution in [-0.2, 0) is 0 Å². The third-order valence-electron chi connectivity index (χ3n) is 2.90. The second-order valence-corrected chi connectivity index (χ2v) is 3.81. The molecule has 1 heterocycles. The molecule has 1 atom stereocenters. The lowest BCUT2D eigenvalue weighted by Crippen LogP contribution is -2.04. The lowest BCUT2D eigenvalue weighted by Gasteiger charge is -2.09. The van der Waals surface area contributed by atoms with Gasteiger partial charge in [-0.05, 0) is 19.9 Å². The van der Waals surface area contributed by atoms with Gasteiger partial charge in [0.15, 0.2) is 6.29 Å². The SMILES string of the molecule is Cc1c(C=O)c2ccccc2n1C(C)C#N. The van der Waals surface area contributed by atoms with Crippen molar-refractivity contribution in [1.82, 2.24) is 4.57 Å². The zero-order chi connectivity index (χ0) is 11.7. The maximum atomic E-state index is 11.1. The topological polar surface area (TPSA) is 45.8 Å². The van der Waals surface area contributed by atoms with E-state index in [2.05, 4.69) is 6.07 Å². The van der Waals surface area contributed by atoms with E-state index in [9.17, 15) is 4.79 Å². The first-order valence-electron chi connectivity index (χ1n) is 5.15. The molecule has 16 heavy (non-hydrogen) atoms.